The van der Waals surface area contributed by atoms with Gasteiger partial charge in [-0.1, -0.05) is 25.5 Å². The lowest BCUT2D eigenvalue weighted by atomic mass is 9.47. The zero-order chi connectivity index (χ0) is 15.1. The highest BCUT2D eigenvalue weighted by Gasteiger charge is 2.60. The molecular weight excluding hydrogens is 268 g/mol. The first kappa shape index (κ1) is 14.1. The van der Waals surface area contributed by atoms with E-state index in [4.69, 9.17) is 4.74 Å². The molecule has 2 unspecified atom stereocenters. The molecule has 0 N–H and O–H groups in total. The van der Waals surface area contributed by atoms with Crippen molar-refractivity contribution in [1.82, 2.24) is 0 Å². The Morgan fingerprint density at radius 2 is 1.82 bits per heavy atom. The molecule has 5 heterocycles. The highest BCUT2D eigenvalue weighted by molar-refractivity contribution is 5.26. The normalized spacial score (nSPS) is 59.5. The SMILES string of the molecule is CC1OC2CC[C@@]3(C)C(=CC[C@H]4[C@@H]5CC[C@H]1[C@@]5(C)CC[C@@H]43)C2. The van der Waals surface area contributed by atoms with Gasteiger partial charge in [0.05, 0.1) is 12.2 Å². The van der Waals surface area contributed by atoms with Crippen molar-refractivity contribution in [3.8, 4) is 0 Å². The van der Waals surface area contributed by atoms with Gasteiger partial charge in [-0.05, 0) is 92.8 Å². The monoisotopic (exact) mass is 300 g/mol. The molecule has 0 spiro atoms. The predicted molar refractivity (Wildman–Crippen MR) is 89.5 cm³/mol. The second-order valence-electron chi connectivity index (χ2n) is 9.69. The number of ether oxygens (including phenoxy) is 1. The first-order chi connectivity index (χ1) is 10.5. The summed E-state index contributed by atoms with van der Waals surface area (Å²) < 4.78 is 6.67. The summed E-state index contributed by atoms with van der Waals surface area (Å²) in [7, 11) is 0. The topological polar surface area (TPSA) is 9.23 Å². The lowest BCUT2D eigenvalue weighted by Crippen LogP contribution is -2.49. The lowest BCUT2D eigenvalue weighted by molar-refractivity contribution is -0.0756. The minimum Gasteiger partial charge on any atom is -0.375 e. The predicted octanol–water partition coefficient (Wildman–Crippen LogP) is 5.35. The van der Waals surface area contributed by atoms with Crippen LogP contribution in [0.3, 0.4) is 0 Å². The van der Waals surface area contributed by atoms with Crippen molar-refractivity contribution in [2.24, 2.45) is 34.5 Å². The Morgan fingerprint density at radius 3 is 2.68 bits per heavy atom. The molecule has 9 aliphatic rings. The molecule has 1 heteroatoms. The number of hydrogen-bond acceptors (Lipinski definition) is 1. The summed E-state index contributed by atoms with van der Waals surface area (Å²) >= 11 is 0. The molecule has 3 saturated carbocycles. The molecule has 5 aliphatic heterocycles. The Hall–Kier alpha value is -0.300. The first-order valence-electron chi connectivity index (χ1n) is 9.87. The maximum Gasteiger partial charge on any atom is 0.0616 e. The van der Waals surface area contributed by atoms with Crippen LogP contribution in [0.1, 0.15) is 72.1 Å². The number of allylic oxidation sites excluding steroid dienone is 1. The molecule has 122 valence electrons. The third kappa shape index (κ3) is 1.60. The van der Waals surface area contributed by atoms with Crippen LogP contribution in [0.25, 0.3) is 0 Å². The second-order valence-corrected chi connectivity index (χ2v) is 9.69. The van der Waals surface area contributed by atoms with Gasteiger partial charge in [-0.25, -0.2) is 0 Å². The van der Waals surface area contributed by atoms with Crippen LogP contribution >= 0.6 is 0 Å². The zero-order valence-corrected chi connectivity index (χ0v) is 14.6. The Bertz CT molecular complexity index is 522. The van der Waals surface area contributed by atoms with Crippen LogP contribution in [-0.2, 0) is 4.74 Å². The minimum atomic E-state index is 0.471. The summed E-state index contributed by atoms with van der Waals surface area (Å²) in [4.78, 5) is 0. The molecule has 0 amide bonds. The Kier molecular flexibility index (Phi) is 2.82. The molecule has 4 aliphatic carbocycles. The first-order valence-corrected chi connectivity index (χ1v) is 9.87. The van der Waals surface area contributed by atoms with E-state index in [1.54, 1.807) is 5.57 Å². The van der Waals surface area contributed by atoms with Crippen molar-refractivity contribution in [2.75, 3.05) is 0 Å². The fourth-order valence-electron chi connectivity index (χ4n) is 7.95. The number of hydrogen-bond donors (Lipinski definition) is 0. The van der Waals surface area contributed by atoms with Crippen LogP contribution in [0.15, 0.2) is 11.6 Å². The van der Waals surface area contributed by atoms with Gasteiger partial charge in [0.1, 0.15) is 0 Å². The van der Waals surface area contributed by atoms with Gasteiger partial charge in [0.15, 0.2) is 0 Å². The van der Waals surface area contributed by atoms with Gasteiger partial charge in [-0.3, -0.25) is 0 Å². The van der Waals surface area contributed by atoms with Gasteiger partial charge in [0.2, 0.25) is 0 Å². The quantitative estimate of drug-likeness (QED) is 0.548. The van der Waals surface area contributed by atoms with Crippen molar-refractivity contribution in [1.29, 1.82) is 0 Å². The highest BCUT2D eigenvalue weighted by Crippen LogP contribution is 2.67. The molecule has 0 aromatic rings. The molecule has 22 heavy (non-hydrogen) atoms. The van der Waals surface area contributed by atoms with E-state index in [0.717, 1.165) is 23.7 Å². The number of rotatable bonds is 0. The summed E-state index contributed by atoms with van der Waals surface area (Å²) in [6, 6.07) is 0. The lowest BCUT2D eigenvalue weighted by Gasteiger charge is -2.57. The molecule has 8 bridgehead atoms. The van der Waals surface area contributed by atoms with E-state index in [9.17, 15) is 0 Å². The summed E-state index contributed by atoms with van der Waals surface area (Å²) in [6.45, 7) is 7.64. The van der Waals surface area contributed by atoms with E-state index >= 15 is 0 Å². The molecular formula is C21H32O. The zero-order valence-electron chi connectivity index (χ0n) is 14.6. The standard InChI is InChI=1S/C21H32O/c1-13-17-6-7-18-16-5-4-14-12-15(22-13)8-10-20(14,2)19(16)9-11-21(17,18)3/h4,13,15-19H,5-12H2,1-3H3/t13?,15?,16-,17+,18-,19-,20-,21+/m0/s1. The van der Waals surface area contributed by atoms with E-state index < -0.39 is 0 Å². The van der Waals surface area contributed by atoms with E-state index in [2.05, 4.69) is 26.8 Å². The average molecular weight is 300 g/mol. The Labute approximate surface area is 135 Å². The van der Waals surface area contributed by atoms with E-state index in [0.29, 0.717) is 23.0 Å². The summed E-state index contributed by atoms with van der Waals surface area (Å²) in [6.07, 6.45) is 14.8. The Morgan fingerprint density at radius 1 is 1.00 bits per heavy atom. The van der Waals surface area contributed by atoms with Crippen molar-refractivity contribution in [3.63, 3.8) is 0 Å². The Balaban J connectivity index is 1.67. The third-order valence-electron chi connectivity index (χ3n) is 9.11. The molecule has 0 aromatic carbocycles. The fourth-order valence-corrected chi connectivity index (χ4v) is 7.95. The molecule has 9 rings (SSSR count). The number of fused-ring (bicyclic) bond motifs is 1. The maximum absolute atomic E-state index is 6.67. The maximum atomic E-state index is 6.67. The summed E-state index contributed by atoms with van der Waals surface area (Å²) in [5.41, 5.74) is 2.85. The fraction of sp³-hybridized carbons (Fsp3) is 0.905. The van der Waals surface area contributed by atoms with Crippen LogP contribution < -0.4 is 0 Å². The van der Waals surface area contributed by atoms with E-state index in [-0.39, 0.29) is 0 Å². The molecule has 4 saturated heterocycles. The second kappa shape index (κ2) is 4.41. The summed E-state index contributed by atoms with van der Waals surface area (Å²) in [5.74, 6) is 3.72. The van der Waals surface area contributed by atoms with Gasteiger partial charge < -0.3 is 4.74 Å². The van der Waals surface area contributed by atoms with Gasteiger partial charge >= 0.3 is 0 Å². The largest absolute Gasteiger partial charge is 0.375 e. The van der Waals surface area contributed by atoms with E-state index in [1.807, 2.05) is 0 Å². The third-order valence-corrected chi connectivity index (χ3v) is 9.11. The van der Waals surface area contributed by atoms with Gasteiger partial charge in [-0.2, -0.15) is 0 Å². The molecule has 8 atom stereocenters. The van der Waals surface area contributed by atoms with Crippen LogP contribution in [0.4, 0.5) is 0 Å². The molecule has 7 fully saturated rings. The highest BCUT2D eigenvalue weighted by atomic mass is 16.5. The minimum absolute atomic E-state index is 0.471. The van der Waals surface area contributed by atoms with Crippen molar-refractivity contribution >= 4 is 0 Å². The van der Waals surface area contributed by atoms with Crippen molar-refractivity contribution in [2.45, 2.75) is 84.3 Å². The van der Waals surface area contributed by atoms with Crippen LogP contribution in [0, 0.1) is 34.5 Å². The van der Waals surface area contributed by atoms with E-state index in [1.165, 1.54) is 51.4 Å². The van der Waals surface area contributed by atoms with Crippen LogP contribution in [0.5, 0.6) is 0 Å². The molecule has 0 radical (unpaired) electrons. The van der Waals surface area contributed by atoms with Gasteiger partial charge in [0, 0.05) is 0 Å². The van der Waals surface area contributed by atoms with Crippen LogP contribution in [-0.4, -0.2) is 12.2 Å². The van der Waals surface area contributed by atoms with Crippen LogP contribution in [0.2, 0.25) is 0 Å². The average Bonchev–Trinajstić information content (AvgIpc) is 2.82. The van der Waals surface area contributed by atoms with Gasteiger partial charge in [-0.15, -0.1) is 0 Å². The van der Waals surface area contributed by atoms with Gasteiger partial charge in [0.25, 0.3) is 0 Å². The van der Waals surface area contributed by atoms with Crippen molar-refractivity contribution < 1.29 is 4.74 Å². The smallest absolute Gasteiger partial charge is 0.0616 e. The summed E-state index contributed by atoms with van der Waals surface area (Å²) in [5, 5.41) is 0. The molecule has 1 nitrogen and oxygen atoms in total. The molecule has 0 aromatic heterocycles. The van der Waals surface area contributed by atoms with Crippen molar-refractivity contribution in [3.05, 3.63) is 11.6 Å².